The molecule has 0 amide bonds. The van der Waals surface area contributed by atoms with Gasteiger partial charge in [0, 0.05) is 77.8 Å². The average Bonchev–Trinajstić information content (AvgIpc) is 2.86. The molecule has 0 aliphatic carbocycles. The van der Waals surface area contributed by atoms with Crippen LogP contribution < -0.4 is 19.9 Å². The predicted octanol–water partition coefficient (Wildman–Crippen LogP) is 1.74. The summed E-state index contributed by atoms with van der Waals surface area (Å²) >= 11 is 0. The first kappa shape index (κ1) is 22.2. The molecule has 1 N–H and O–H groups in total. The summed E-state index contributed by atoms with van der Waals surface area (Å²) in [5.41, 5.74) is 2.40. The summed E-state index contributed by atoms with van der Waals surface area (Å²) in [5.74, 6) is 2.91. The lowest BCUT2D eigenvalue weighted by atomic mass is 10.2. The number of rotatable bonds is 5. The lowest BCUT2D eigenvalue weighted by molar-refractivity contribution is 0.312. The van der Waals surface area contributed by atoms with Crippen molar-refractivity contribution in [1.82, 2.24) is 20.1 Å². The summed E-state index contributed by atoms with van der Waals surface area (Å²) in [5, 5.41) is 3.51. The molecule has 3 heterocycles. The number of ether oxygens (including phenoxy) is 1. The van der Waals surface area contributed by atoms with Crippen LogP contribution in [0, 0.1) is 0 Å². The first-order valence-corrected chi connectivity index (χ1v) is 11.4. The summed E-state index contributed by atoms with van der Waals surface area (Å²) in [4.78, 5) is 18.7. The second-order valence-electron chi connectivity index (χ2n) is 8.39. The molecule has 0 spiro atoms. The van der Waals surface area contributed by atoms with E-state index < -0.39 is 0 Å². The van der Waals surface area contributed by atoms with Crippen LogP contribution in [-0.4, -0.2) is 94.3 Å². The average molecular weight is 438 g/mol. The third-order valence-corrected chi connectivity index (χ3v) is 6.32. The largest absolute Gasteiger partial charge is 0.497 e. The van der Waals surface area contributed by atoms with E-state index >= 15 is 0 Å². The van der Waals surface area contributed by atoms with E-state index in [1.165, 1.54) is 11.3 Å². The Morgan fingerprint density at radius 2 is 1.62 bits per heavy atom. The van der Waals surface area contributed by atoms with Crippen LogP contribution in [0.5, 0.6) is 5.75 Å². The van der Waals surface area contributed by atoms with Gasteiger partial charge in [-0.3, -0.25) is 4.99 Å². The van der Waals surface area contributed by atoms with Crippen molar-refractivity contribution in [2.75, 3.05) is 83.4 Å². The van der Waals surface area contributed by atoms with E-state index in [2.05, 4.69) is 61.2 Å². The van der Waals surface area contributed by atoms with Crippen molar-refractivity contribution in [3.8, 4) is 5.75 Å². The molecule has 0 radical (unpaired) electrons. The van der Waals surface area contributed by atoms with Crippen molar-refractivity contribution in [3.05, 3.63) is 48.2 Å². The van der Waals surface area contributed by atoms with E-state index in [0.29, 0.717) is 0 Å². The van der Waals surface area contributed by atoms with Crippen LogP contribution in [-0.2, 0) is 6.54 Å². The Bertz CT molecular complexity index is 868. The van der Waals surface area contributed by atoms with Gasteiger partial charge in [0.05, 0.1) is 7.11 Å². The fourth-order valence-corrected chi connectivity index (χ4v) is 4.23. The van der Waals surface area contributed by atoms with Crippen LogP contribution in [0.4, 0.5) is 11.5 Å². The summed E-state index contributed by atoms with van der Waals surface area (Å²) in [6, 6.07) is 12.6. The number of methoxy groups -OCH3 is 1. The number of likely N-dealkylation sites (N-methyl/N-ethyl adjacent to an activating group) is 1. The lowest BCUT2D eigenvalue weighted by Crippen LogP contribution is -2.52. The molecule has 0 saturated carbocycles. The molecule has 2 aliphatic heterocycles. The minimum absolute atomic E-state index is 0.724. The Labute approximate surface area is 191 Å². The molecule has 2 fully saturated rings. The third kappa shape index (κ3) is 5.43. The normalized spacial score (nSPS) is 18.1. The Kier molecular flexibility index (Phi) is 7.32. The molecule has 2 aromatic rings. The molecular formula is C24H35N7O. The molecule has 172 valence electrons. The summed E-state index contributed by atoms with van der Waals surface area (Å²) < 4.78 is 5.26. The predicted molar refractivity (Wildman–Crippen MR) is 131 cm³/mol. The molecule has 0 unspecified atom stereocenters. The number of aromatic nitrogens is 1. The zero-order valence-corrected chi connectivity index (χ0v) is 19.5. The number of nitrogens with one attached hydrogen (secondary N) is 1. The van der Waals surface area contributed by atoms with Crippen LogP contribution in [0.25, 0.3) is 0 Å². The molecule has 1 aromatic heterocycles. The van der Waals surface area contributed by atoms with E-state index in [0.717, 1.165) is 76.4 Å². The minimum atomic E-state index is 0.724. The first-order valence-electron chi connectivity index (χ1n) is 11.4. The van der Waals surface area contributed by atoms with Gasteiger partial charge in [0.15, 0.2) is 5.96 Å². The van der Waals surface area contributed by atoms with Gasteiger partial charge in [-0.1, -0.05) is 6.07 Å². The molecule has 8 heteroatoms. The molecule has 2 aliphatic rings. The number of nitrogens with zero attached hydrogens (tertiary/aromatic N) is 6. The zero-order valence-electron chi connectivity index (χ0n) is 19.5. The van der Waals surface area contributed by atoms with Gasteiger partial charge >= 0.3 is 0 Å². The van der Waals surface area contributed by atoms with Crippen molar-refractivity contribution < 1.29 is 4.74 Å². The van der Waals surface area contributed by atoms with Gasteiger partial charge in [0.1, 0.15) is 11.6 Å². The van der Waals surface area contributed by atoms with E-state index in [9.17, 15) is 0 Å². The van der Waals surface area contributed by atoms with E-state index in [4.69, 9.17) is 9.72 Å². The second kappa shape index (κ2) is 10.5. The summed E-state index contributed by atoms with van der Waals surface area (Å²) in [7, 11) is 5.72. The number of hydrogen-bond donors (Lipinski definition) is 1. The molecule has 32 heavy (non-hydrogen) atoms. The monoisotopic (exact) mass is 437 g/mol. The lowest BCUT2D eigenvalue weighted by Gasteiger charge is -2.37. The third-order valence-electron chi connectivity index (χ3n) is 6.32. The molecule has 1 aromatic carbocycles. The summed E-state index contributed by atoms with van der Waals surface area (Å²) in [6.45, 7) is 8.79. The fraction of sp³-hybridized carbons (Fsp3) is 0.500. The number of benzene rings is 1. The molecule has 2 saturated heterocycles. The molecule has 0 atom stereocenters. The Hall–Kier alpha value is -3.00. The van der Waals surface area contributed by atoms with Gasteiger partial charge in [-0.25, -0.2) is 4.98 Å². The molecule has 8 nitrogen and oxygen atoms in total. The van der Waals surface area contributed by atoms with E-state index in [1.807, 2.05) is 25.4 Å². The highest BCUT2D eigenvalue weighted by atomic mass is 16.5. The van der Waals surface area contributed by atoms with Gasteiger partial charge in [0.2, 0.25) is 0 Å². The number of guanidine groups is 1. The quantitative estimate of drug-likeness (QED) is 0.565. The minimum Gasteiger partial charge on any atom is -0.497 e. The van der Waals surface area contributed by atoms with Gasteiger partial charge in [0.25, 0.3) is 0 Å². The van der Waals surface area contributed by atoms with Gasteiger partial charge in [-0.15, -0.1) is 0 Å². The number of aliphatic imine (C=N–C) groups is 1. The van der Waals surface area contributed by atoms with Crippen molar-refractivity contribution in [2.24, 2.45) is 4.99 Å². The number of piperazine rings is 2. The van der Waals surface area contributed by atoms with Crippen molar-refractivity contribution >= 4 is 17.5 Å². The van der Waals surface area contributed by atoms with Gasteiger partial charge in [-0.05, 0) is 42.9 Å². The second-order valence-corrected chi connectivity index (χ2v) is 8.39. The maximum atomic E-state index is 5.26. The maximum absolute atomic E-state index is 5.26. The fourth-order valence-electron chi connectivity index (χ4n) is 4.23. The Balaban J connectivity index is 1.26. The Morgan fingerprint density at radius 1 is 0.938 bits per heavy atom. The first-order chi connectivity index (χ1) is 15.7. The maximum Gasteiger partial charge on any atom is 0.194 e. The van der Waals surface area contributed by atoms with Crippen molar-refractivity contribution in [2.45, 2.75) is 6.54 Å². The zero-order chi connectivity index (χ0) is 22.3. The molecule has 4 rings (SSSR count). The highest BCUT2D eigenvalue weighted by Gasteiger charge is 2.20. The van der Waals surface area contributed by atoms with Crippen LogP contribution >= 0.6 is 0 Å². The van der Waals surface area contributed by atoms with Gasteiger partial charge < -0.3 is 29.7 Å². The standard InChI is InChI=1S/C24H35N7O/c1-25-24(31-16-14-29(15-17-31)21-5-7-22(32-3)8-6-21)27-19-20-4-9-23(26-18-20)30-12-10-28(2)11-13-30/h4-9,18H,10-17,19H2,1-3H3,(H,25,27). The van der Waals surface area contributed by atoms with E-state index in [1.54, 1.807) is 7.11 Å². The molecular weight excluding hydrogens is 402 g/mol. The SMILES string of the molecule is CN=C(NCc1ccc(N2CCN(C)CC2)nc1)N1CCN(c2ccc(OC)cc2)CC1. The van der Waals surface area contributed by atoms with E-state index in [-0.39, 0.29) is 0 Å². The topological polar surface area (TPSA) is 59.5 Å². The van der Waals surface area contributed by atoms with Crippen LogP contribution in [0.2, 0.25) is 0 Å². The van der Waals surface area contributed by atoms with Crippen molar-refractivity contribution in [3.63, 3.8) is 0 Å². The van der Waals surface area contributed by atoms with Gasteiger partial charge in [-0.2, -0.15) is 0 Å². The smallest absolute Gasteiger partial charge is 0.194 e. The Morgan fingerprint density at radius 3 is 2.22 bits per heavy atom. The molecule has 0 bridgehead atoms. The van der Waals surface area contributed by atoms with Crippen LogP contribution in [0.1, 0.15) is 5.56 Å². The summed E-state index contributed by atoms with van der Waals surface area (Å²) in [6.07, 6.45) is 1.98. The van der Waals surface area contributed by atoms with Crippen molar-refractivity contribution in [1.29, 1.82) is 0 Å². The van der Waals surface area contributed by atoms with Crippen LogP contribution in [0.3, 0.4) is 0 Å². The number of hydrogen-bond acceptors (Lipinski definition) is 6. The highest BCUT2D eigenvalue weighted by Crippen LogP contribution is 2.20. The number of pyridine rings is 1. The highest BCUT2D eigenvalue weighted by molar-refractivity contribution is 5.80. The van der Waals surface area contributed by atoms with Crippen LogP contribution in [0.15, 0.2) is 47.6 Å². The number of anilines is 2.